The second-order valence-electron chi connectivity index (χ2n) is 12.8. The third kappa shape index (κ3) is 6.93. The number of para-hydroxylation sites is 2. The summed E-state index contributed by atoms with van der Waals surface area (Å²) in [5, 5.41) is 3.55. The molecule has 2 unspecified atom stereocenters. The molecule has 1 aliphatic carbocycles. The number of nitrogens with one attached hydrogen (secondary N) is 3. The predicted molar refractivity (Wildman–Crippen MR) is 182 cm³/mol. The monoisotopic (exact) mass is 648 g/mol. The number of rotatable bonds is 10. The van der Waals surface area contributed by atoms with Gasteiger partial charge in [0.15, 0.2) is 0 Å². The largest absolute Gasteiger partial charge is 0.416 e. The van der Waals surface area contributed by atoms with E-state index in [1.807, 2.05) is 50.4 Å². The SMILES string of the molecule is Cc1cc(C(NCc2ccc(CN(Cc3nc4ccccc4[nH]3)C3CCCc4cccnc43)cc2)c2cccc(C(F)(F)F)c2)c(C)[nH]1. The number of alkyl halides is 3. The lowest BCUT2D eigenvalue weighted by molar-refractivity contribution is -0.137. The fourth-order valence-corrected chi connectivity index (χ4v) is 7.05. The van der Waals surface area contributed by atoms with Crippen molar-refractivity contribution < 1.29 is 13.2 Å². The summed E-state index contributed by atoms with van der Waals surface area (Å²) in [5.41, 5.74) is 9.43. The number of hydrogen-bond acceptors (Lipinski definition) is 4. The molecular weight excluding hydrogens is 609 g/mol. The number of aryl methyl sites for hydroxylation is 3. The van der Waals surface area contributed by atoms with Crippen molar-refractivity contribution in [3.63, 3.8) is 0 Å². The van der Waals surface area contributed by atoms with Crippen molar-refractivity contribution in [2.24, 2.45) is 0 Å². The van der Waals surface area contributed by atoms with Crippen LogP contribution in [0.5, 0.6) is 0 Å². The first-order valence-corrected chi connectivity index (χ1v) is 16.5. The number of aromatic nitrogens is 4. The van der Waals surface area contributed by atoms with E-state index in [4.69, 9.17) is 9.97 Å². The molecule has 0 spiro atoms. The Kier molecular flexibility index (Phi) is 8.90. The number of halogens is 3. The third-order valence-corrected chi connectivity index (χ3v) is 9.36. The number of fused-ring (bicyclic) bond motifs is 2. The smallest absolute Gasteiger partial charge is 0.362 e. The van der Waals surface area contributed by atoms with Crippen LogP contribution in [-0.4, -0.2) is 24.8 Å². The van der Waals surface area contributed by atoms with Crippen LogP contribution in [0.2, 0.25) is 0 Å². The Labute approximate surface area is 278 Å². The zero-order valence-corrected chi connectivity index (χ0v) is 27.1. The second kappa shape index (κ2) is 13.4. The molecule has 3 N–H and O–H groups in total. The normalized spacial score (nSPS) is 15.6. The first kappa shape index (κ1) is 31.8. The fourth-order valence-electron chi connectivity index (χ4n) is 7.05. The zero-order valence-electron chi connectivity index (χ0n) is 27.1. The molecule has 1 aliphatic rings. The number of benzene rings is 3. The van der Waals surface area contributed by atoms with Crippen LogP contribution < -0.4 is 5.32 Å². The van der Waals surface area contributed by atoms with Crippen LogP contribution in [0.25, 0.3) is 11.0 Å². The summed E-state index contributed by atoms with van der Waals surface area (Å²) in [4.78, 5) is 19.0. The van der Waals surface area contributed by atoms with Crippen LogP contribution >= 0.6 is 0 Å². The summed E-state index contributed by atoms with van der Waals surface area (Å²) in [6, 6.07) is 28.2. The highest BCUT2D eigenvalue weighted by atomic mass is 19.4. The van der Waals surface area contributed by atoms with Gasteiger partial charge in [0.05, 0.1) is 40.9 Å². The van der Waals surface area contributed by atoms with E-state index in [0.717, 1.165) is 76.9 Å². The van der Waals surface area contributed by atoms with Gasteiger partial charge in [0.25, 0.3) is 0 Å². The van der Waals surface area contributed by atoms with Crippen molar-refractivity contribution in [3.05, 3.63) is 153 Å². The lowest BCUT2D eigenvalue weighted by Gasteiger charge is -2.34. The van der Waals surface area contributed by atoms with Crippen molar-refractivity contribution in [2.45, 2.75) is 71.0 Å². The maximum Gasteiger partial charge on any atom is 0.416 e. The number of aromatic amines is 2. The van der Waals surface area contributed by atoms with Gasteiger partial charge in [0.1, 0.15) is 5.82 Å². The van der Waals surface area contributed by atoms with Gasteiger partial charge in [-0.2, -0.15) is 13.2 Å². The van der Waals surface area contributed by atoms with Crippen molar-refractivity contribution >= 4 is 11.0 Å². The summed E-state index contributed by atoms with van der Waals surface area (Å²) < 4.78 is 40.9. The lowest BCUT2D eigenvalue weighted by atomic mass is 9.90. The number of hydrogen-bond donors (Lipinski definition) is 3. The number of imidazole rings is 1. The van der Waals surface area contributed by atoms with Crippen LogP contribution in [0.3, 0.4) is 0 Å². The molecule has 0 saturated carbocycles. The molecule has 9 heteroatoms. The van der Waals surface area contributed by atoms with Crippen LogP contribution in [0, 0.1) is 13.8 Å². The first-order chi connectivity index (χ1) is 23.2. The van der Waals surface area contributed by atoms with Gasteiger partial charge in [-0.05, 0) is 97.3 Å². The average Bonchev–Trinajstić information content (AvgIpc) is 3.65. The first-order valence-electron chi connectivity index (χ1n) is 16.5. The molecular formula is C39H39F3N6. The molecule has 0 aliphatic heterocycles. The molecule has 0 bridgehead atoms. The van der Waals surface area contributed by atoms with E-state index in [0.29, 0.717) is 18.7 Å². The summed E-state index contributed by atoms with van der Waals surface area (Å²) >= 11 is 0. The average molecular weight is 649 g/mol. The van der Waals surface area contributed by atoms with Gasteiger partial charge in [0.2, 0.25) is 0 Å². The maximum atomic E-state index is 13.6. The molecule has 0 fully saturated rings. The summed E-state index contributed by atoms with van der Waals surface area (Å²) in [7, 11) is 0. The molecule has 0 radical (unpaired) electrons. The van der Waals surface area contributed by atoms with E-state index in [1.165, 1.54) is 23.3 Å². The Morgan fingerprint density at radius 2 is 1.71 bits per heavy atom. The van der Waals surface area contributed by atoms with Crippen LogP contribution in [0.1, 0.15) is 81.2 Å². The minimum Gasteiger partial charge on any atom is -0.362 e. The molecule has 6 nitrogen and oxygen atoms in total. The molecule has 6 aromatic rings. The predicted octanol–water partition coefficient (Wildman–Crippen LogP) is 8.88. The summed E-state index contributed by atoms with van der Waals surface area (Å²) in [5.74, 6) is 0.927. The van der Waals surface area contributed by atoms with Crippen molar-refractivity contribution in [1.82, 2.24) is 30.2 Å². The van der Waals surface area contributed by atoms with E-state index in [2.05, 4.69) is 56.6 Å². The van der Waals surface area contributed by atoms with Crippen molar-refractivity contribution in [3.8, 4) is 0 Å². The van der Waals surface area contributed by atoms with E-state index in [-0.39, 0.29) is 6.04 Å². The highest BCUT2D eigenvalue weighted by molar-refractivity contribution is 5.74. The lowest BCUT2D eigenvalue weighted by Crippen LogP contribution is -2.31. The highest BCUT2D eigenvalue weighted by Crippen LogP contribution is 2.36. The Bertz CT molecular complexity index is 1980. The van der Waals surface area contributed by atoms with Gasteiger partial charge < -0.3 is 15.3 Å². The molecule has 3 heterocycles. The minimum absolute atomic E-state index is 0.172. The van der Waals surface area contributed by atoms with E-state index < -0.39 is 17.8 Å². The van der Waals surface area contributed by atoms with Gasteiger partial charge in [-0.1, -0.05) is 54.6 Å². The molecule has 3 aromatic heterocycles. The molecule has 246 valence electrons. The minimum atomic E-state index is -4.41. The molecule has 0 amide bonds. The Hall–Kier alpha value is -4.73. The Morgan fingerprint density at radius 1 is 0.896 bits per heavy atom. The summed E-state index contributed by atoms with van der Waals surface area (Å²) in [6.07, 6.45) is 0.664. The van der Waals surface area contributed by atoms with Gasteiger partial charge in [-0.3, -0.25) is 9.88 Å². The number of H-pyrrole nitrogens is 2. The van der Waals surface area contributed by atoms with Crippen LogP contribution in [0.4, 0.5) is 13.2 Å². The van der Waals surface area contributed by atoms with Gasteiger partial charge >= 0.3 is 6.18 Å². The number of pyridine rings is 1. The maximum absolute atomic E-state index is 13.6. The van der Waals surface area contributed by atoms with E-state index >= 15 is 0 Å². The van der Waals surface area contributed by atoms with Gasteiger partial charge in [0, 0.05) is 30.7 Å². The molecule has 48 heavy (non-hydrogen) atoms. The quantitative estimate of drug-likeness (QED) is 0.139. The Morgan fingerprint density at radius 3 is 2.48 bits per heavy atom. The topological polar surface area (TPSA) is 72.6 Å². The number of nitrogens with zero attached hydrogens (tertiary/aromatic N) is 3. The highest BCUT2D eigenvalue weighted by Gasteiger charge is 2.32. The second-order valence-corrected chi connectivity index (χ2v) is 12.8. The fraction of sp³-hybridized carbons (Fsp3) is 0.282. The van der Waals surface area contributed by atoms with Crippen LogP contribution in [0.15, 0.2) is 97.2 Å². The Balaban J connectivity index is 1.12. The van der Waals surface area contributed by atoms with Gasteiger partial charge in [-0.25, -0.2) is 4.98 Å². The molecule has 2 atom stereocenters. The van der Waals surface area contributed by atoms with Gasteiger partial charge in [-0.15, -0.1) is 0 Å². The van der Waals surface area contributed by atoms with Crippen molar-refractivity contribution in [1.29, 1.82) is 0 Å². The van der Waals surface area contributed by atoms with E-state index in [1.54, 1.807) is 6.07 Å². The standard InChI is InChI=1S/C39H39F3N6/c1-25-20-32(26(2)45-25)37(30-9-5-11-31(21-30)39(40,41)42)44-22-27-15-17-28(18-16-27)23-48(24-36-46-33-12-3-4-13-34(33)47-36)35-14-6-8-29-10-7-19-43-38(29)35/h3-5,7,9-13,15-21,35,37,44-45H,6,8,14,22-24H2,1-2H3,(H,46,47). The van der Waals surface area contributed by atoms with Crippen molar-refractivity contribution in [2.75, 3.05) is 0 Å². The molecule has 3 aromatic carbocycles. The summed E-state index contributed by atoms with van der Waals surface area (Å²) in [6.45, 7) is 5.79. The third-order valence-electron chi connectivity index (χ3n) is 9.36. The van der Waals surface area contributed by atoms with E-state index in [9.17, 15) is 13.2 Å². The molecule has 7 rings (SSSR count). The van der Waals surface area contributed by atoms with Crippen LogP contribution in [-0.2, 0) is 32.2 Å². The zero-order chi connectivity index (χ0) is 33.3. The molecule has 0 saturated heterocycles.